The molecule has 1 atom stereocenters. The number of likely N-dealkylation sites (N-methyl/N-ethyl adjacent to an activating group) is 1. The van der Waals surface area contributed by atoms with Crippen molar-refractivity contribution < 1.29 is 23.9 Å². The average molecular weight is 479 g/mol. The van der Waals surface area contributed by atoms with Gasteiger partial charge in [-0.2, -0.15) is 0 Å². The van der Waals surface area contributed by atoms with Gasteiger partial charge in [-0.15, -0.1) is 0 Å². The third-order valence-electron chi connectivity index (χ3n) is 7.06. The van der Waals surface area contributed by atoms with Gasteiger partial charge in [0.25, 0.3) is 0 Å². The van der Waals surface area contributed by atoms with Gasteiger partial charge < -0.3 is 24.1 Å². The Morgan fingerprint density at radius 2 is 1.70 bits per heavy atom. The fourth-order valence-corrected chi connectivity index (χ4v) is 5.55. The third kappa shape index (κ3) is 7.74. The van der Waals surface area contributed by atoms with Crippen molar-refractivity contribution in [2.24, 2.45) is 0 Å². The minimum Gasteiger partial charge on any atom is -0.465 e. The monoisotopic (exact) mass is 478 g/mol. The molecule has 1 unspecified atom stereocenters. The number of carboxylic acid groups (broad SMARTS) is 1. The maximum Gasteiger partial charge on any atom is 0.409 e. The van der Waals surface area contributed by atoms with Crippen molar-refractivity contribution in [3.05, 3.63) is 35.9 Å². The first-order valence-electron chi connectivity index (χ1n) is 11.9. The topological polar surface area (TPSA) is 79.3 Å². The molecule has 0 aliphatic heterocycles. The Morgan fingerprint density at radius 3 is 2.21 bits per heavy atom. The Labute approximate surface area is 200 Å². The summed E-state index contributed by atoms with van der Waals surface area (Å²) in [6, 6.07) is 9.09. The molecule has 0 spiro atoms. The van der Waals surface area contributed by atoms with E-state index in [4.69, 9.17) is 9.16 Å². The predicted octanol–water partition coefficient (Wildman–Crippen LogP) is 5.96. The lowest BCUT2D eigenvalue weighted by Gasteiger charge is -2.43. The van der Waals surface area contributed by atoms with E-state index in [0.29, 0.717) is 0 Å². The molecule has 0 aromatic heterocycles. The number of benzene rings is 1. The number of carbonyl (C=O) groups excluding carboxylic acids is 1. The summed E-state index contributed by atoms with van der Waals surface area (Å²) in [6.45, 7) is 13.6. The van der Waals surface area contributed by atoms with Crippen molar-refractivity contribution in [3.8, 4) is 0 Å². The molecule has 1 saturated carbocycles. The number of rotatable bonds is 8. The summed E-state index contributed by atoms with van der Waals surface area (Å²) in [4.78, 5) is 27.5. The maximum atomic E-state index is 12.4. The first kappa shape index (κ1) is 27.2. The standard InChI is InChI=1S/C25H42N2O5Si/c1-19(17-26(5)24(30)31-18-20-11-9-8-10-12-20)27(23(28)29)21-13-15-22(16-14-21)32-33(6,7)25(2,3)4/h8-12,19,21-22H,13-18H2,1-7H3,(H,28,29). The summed E-state index contributed by atoms with van der Waals surface area (Å²) in [7, 11) is -0.193. The number of carbonyl (C=O) groups is 2. The fraction of sp³-hybridized carbons (Fsp3) is 0.680. The van der Waals surface area contributed by atoms with Gasteiger partial charge in [0.1, 0.15) is 6.61 Å². The highest BCUT2D eigenvalue weighted by atomic mass is 28.4. The number of hydrogen-bond donors (Lipinski definition) is 1. The van der Waals surface area contributed by atoms with Crippen molar-refractivity contribution in [1.82, 2.24) is 9.80 Å². The molecule has 0 bridgehead atoms. The van der Waals surface area contributed by atoms with Crippen LogP contribution >= 0.6 is 0 Å². The molecule has 0 saturated heterocycles. The zero-order chi connectivity index (χ0) is 24.8. The van der Waals surface area contributed by atoms with Crippen LogP contribution in [0.5, 0.6) is 0 Å². The number of ether oxygens (including phenoxy) is 1. The second kappa shape index (κ2) is 11.4. The predicted molar refractivity (Wildman–Crippen MR) is 133 cm³/mol. The first-order chi connectivity index (χ1) is 15.3. The number of hydrogen-bond acceptors (Lipinski definition) is 4. The molecule has 8 heteroatoms. The number of amides is 2. The Kier molecular flexibility index (Phi) is 9.37. The molecule has 1 fully saturated rings. The van der Waals surface area contributed by atoms with E-state index in [9.17, 15) is 14.7 Å². The van der Waals surface area contributed by atoms with Gasteiger partial charge in [0.15, 0.2) is 8.32 Å². The van der Waals surface area contributed by atoms with Gasteiger partial charge in [0.05, 0.1) is 6.04 Å². The van der Waals surface area contributed by atoms with Crippen molar-refractivity contribution in [3.63, 3.8) is 0 Å². The van der Waals surface area contributed by atoms with Crippen LogP contribution in [0.4, 0.5) is 9.59 Å². The van der Waals surface area contributed by atoms with Gasteiger partial charge in [0, 0.05) is 25.7 Å². The largest absolute Gasteiger partial charge is 0.465 e. The van der Waals surface area contributed by atoms with E-state index in [1.54, 1.807) is 7.05 Å². The highest BCUT2D eigenvalue weighted by Gasteiger charge is 2.41. The summed E-state index contributed by atoms with van der Waals surface area (Å²) >= 11 is 0. The van der Waals surface area contributed by atoms with Crippen molar-refractivity contribution in [2.75, 3.05) is 13.6 Å². The fourth-order valence-electron chi connectivity index (χ4n) is 4.13. The molecule has 33 heavy (non-hydrogen) atoms. The molecule has 2 rings (SSSR count). The minimum absolute atomic E-state index is 0.0643. The molecule has 0 heterocycles. The van der Waals surface area contributed by atoms with Crippen LogP contribution in [0.15, 0.2) is 30.3 Å². The average Bonchev–Trinajstić information content (AvgIpc) is 2.72. The smallest absolute Gasteiger partial charge is 0.409 e. The molecule has 1 aliphatic rings. The van der Waals surface area contributed by atoms with Crippen LogP contribution in [0.25, 0.3) is 0 Å². The van der Waals surface area contributed by atoms with Crippen LogP contribution in [0, 0.1) is 0 Å². The summed E-state index contributed by atoms with van der Waals surface area (Å²) in [5.74, 6) is 0. The lowest BCUT2D eigenvalue weighted by atomic mass is 9.91. The maximum absolute atomic E-state index is 12.4. The van der Waals surface area contributed by atoms with Gasteiger partial charge in [-0.1, -0.05) is 51.1 Å². The molecular formula is C25H42N2O5Si. The Balaban J connectivity index is 1.89. The van der Waals surface area contributed by atoms with E-state index in [0.717, 1.165) is 31.2 Å². The van der Waals surface area contributed by atoms with Crippen molar-refractivity contribution >= 4 is 20.5 Å². The number of nitrogens with zero attached hydrogens (tertiary/aromatic N) is 2. The summed E-state index contributed by atoms with van der Waals surface area (Å²) in [6.07, 6.45) is 2.08. The van der Waals surface area contributed by atoms with Crippen LogP contribution in [0.1, 0.15) is 58.9 Å². The van der Waals surface area contributed by atoms with Gasteiger partial charge >= 0.3 is 12.2 Å². The highest BCUT2D eigenvalue weighted by Crippen LogP contribution is 2.39. The molecule has 7 nitrogen and oxygen atoms in total. The summed E-state index contributed by atoms with van der Waals surface area (Å²) in [5.41, 5.74) is 0.913. The zero-order valence-corrected chi connectivity index (χ0v) is 22.3. The lowest BCUT2D eigenvalue weighted by molar-refractivity contribution is 0.0463. The normalized spacial score (nSPS) is 20.1. The third-order valence-corrected chi connectivity index (χ3v) is 11.6. The zero-order valence-electron chi connectivity index (χ0n) is 21.3. The van der Waals surface area contributed by atoms with Crippen molar-refractivity contribution in [2.45, 2.75) is 96.3 Å². The van der Waals surface area contributed by atoms with Crippen LogP contribution in [0.3, 0.4) is 0 Å². The second-order valence-corrected chi connectivity index (χ2v) is 15.5. The van der Waals surface area contributed by atoms with Gasteiger partial charge in [-0.05, 0) is 56.3 Å². The highest BCUT2D eigenvalue weighted by molar-refractivity contribution is 6.74. The Hall–Kier alpha value is -2.06. The SMILES string of the molecule is CC(CN(C)C(=O)OCc1ccccc1)N(C(=O)O)C1CCC(O[Si](C)(C)C(C)(C)C)CC1. The van der Waals surface area contributed by atoms with E-state index in [-0.39, 0.29) is 36.4 Å². The van der Waals surface area contributed by atoms with Gasteiger partial charge in [-0.3, -0.25) is 0 Å². The van der Waals surface area contributed by atoms with Crippen molar-refractivity contribution in [1.29, 1.82) is 0 Å². The molecule has 1 aliphatic carbocycles. The van der Waals surface area contributed by atoms with Gasteiger partial charge in [-0.25, -0.2) is 9.59 Å². The van der Waals surface area contributed by atoms with E-state index >= 15 is 0 Å². The van der Waals surface area contributed by atoms with Crippen LogP contribution in [-0.4, -0.2) is 67.2 Å². The molecule has 186 valence electrons. The van der Waals surface area contributed by atoms with E-state index < -0.39 is 20.5 Å². The molecule has 0 radical (unpaired) electrons. The minimum atomic E-state index is -1.84. The molecular weight excluding hydrogens is 436 g/mol. The van der Waals surface area contributed by atoms with E-state index in [2.05, 4.69) is 33.9 Å². The molecule has 1 aromatic rings. The second-order valence-electron chi connectivity index (χ2n) is 10.8. The first-order valence-corrected chi connectivity index (χ1v) is 14.8. The summed E-state index contributed by atoms with van der Waals surface area (Å²) in [5, 5.41) is 10.1. The Bertz CT molecular complexity index is 773. The molecule has 1 aromatic carbocycles. The van der Waals surface area contributed by atoms with Crippen LogP contribution in [0.2, 0.25) is 18.1 Å². The molecule has 2 amide bonds. The van der Waals surface area contributed by atoms with E-state index in [1.807, 2.05) is 37.3 Å². The van der Waals surface area contributed by atoms with Gasteiger partial charge in [0.2, 0.25) is 0 Å². The van der Waals surface area contributed by atoms with E-state index in [1.165, 1.54) is 9.80 Å². The lowest BCUT2D eigenvalue weighted by Crippen LogP contribution is -2.52. The Morgan fingerprint density at radius 1 is 1.12 bits per heavy atom. The summed E-state index contributed by atoms with van der Waals surface area (Å²) < 4.78 is 11.9. The van der Waals surface area contributed by atoms with Crippen LogP contribution < -0.4 is 0 Å². The quantitative estimate of drug-likeness (QED) is 0.467. The molecule has 1 N–H and O–H groups in total. The van der Waals surface area contributed by atoms with Crippen LogP contribution in [-0.2, 0) is 15.8 Å².